The second kappa shape index (κ2) is 8.39. The highest BCUT2D eigenvalue weighted by molar-refractivity contribution is 6.03. The number of nitrogens with zero attached hydrogens (tertiary/aromatic N) is 1. The molecule has 0 saturated heterocycles. The number of hydrazine groups is 1. The monoisotopic (exact) mass is 379 g/mol. The highest BCUT2D eigenvalue weighted by Crippen LogP contribution is 2.24. The fourth-order valence-electron chi connectivity index (χ4n) is 2.64. The molecule has 3 aromatic rings. The molecule has 3 rings (SSSR count). The molecular weight excluding hydrogens is 358 g/mol. The largest absolute Gasteiger partial charge is 0.491 e. The lowest BCUT2D eigenvalue weighted by atomic mass is 10.1. The molecule has 0 radical (unpaired) electrons. The van der Waals surface area contributed by atoms with Crippen LogP contribution in [0.3, 0.4) is 0 Å². The summed E-state index contributed by atoms with van der Waals surface area (Å²) in [5.74, 6) is 0.0782. The van der Waals surface area contributed by atoms with Gasteiger partial charge in [-0.2, -0.15) is 0 Å². The molecule has 1 heterocycles. The summed E-state index contributed by atoms with van der Waals surface area (Å²) in [5.41, 5.74) is 6.64. The van der Waals surface area contributed by atoms with E-state index in [1.54, 1.807) is 31.2 Å². The van der Waals surface area contributed by atoms with Crippen molar-refractivity contribution in [1.29, 1.82) is 0 Å². The van der Waals surface area contributed by atoms with Crippen LogP contribution in [0.5, 0.6) is 5.75 Å². The fourth-order valence-corrected chi connectivity index (χ4v) is 2.64. The van der Waals surface area contributed by atoms with Gasteiger partial charge >= 0.3 is 0 Å². The van der Waals surface area contributed by atoms with Crippen molar-refractivity contribution in [3.05, 3.63) is 71.5 Å². The zero-order chi connectivity index (χ0) is 20.1. The summed E-state index contributed by atoms with van der Waals surface area (Å²) in [5, 5.41) is 3.96. The lowest BCUT2D eigenvalue weighted by molar-refractivity contribution is 0.0846. The van der Waals surface area contributed by atoms with E-state index in [-0.39, 0.29) is 11.7 Å². The molecule has 0 saturated carbocycles. The third-order valence-corrected chi connectivity index (χ3v) is 3.91. The van der Waals surface area contributed by atoms with Gasteiger partial charge in [0.1, 0.15) is 22.8 Å². The van der Waals surface area contributed by atoms with Crippen LogP contribution in [0.15, 0.2) is 59.1 Å². The standard InChI is InChI=1S/C21H21N3O4/c1-13(2)27-17-11-9-16(10-12-17)20(25)22-23-21(26)18-14(3)28-24-19(18)15-7-5-4-6-8-15/h4-13H,1-3H3,(H,22,25)(H,23,26). The predicted molar refractivity (Wildman–Crippen MR) is 104 cm³/mol. The molecule has 0 bridgehead atoms. The molecule has 144 valence electrons. The van der Waals surface area contributed by atoms with E-state index in [0.29, 0.717) is 22.8 Å². The summed E-state index contributed by atoms with van der Waals surface area (Å²) in [6.45, 7) is 5.49. The number of amides is 2. The van der Waals surface area contributed by atoms with Gasteiger partial charge in [-0.05, 0) is 45.0 Å². The molecule has 28 heavy (non-hydrogen) atoms. The maximum Gasteiger partial charge on any atom is 0.275 e. The molecule has 7 heteroatoms. The van der Waals surface area contributed by atoms with Crippen molar-refractivity contribution in [2.75, 3.05) is 0 Å². The number of aromatic nitrogens is 1. The second-order valence-electron chi connectivity index (χ2n) is 6.43. The maximum absolute atomic E-state index is 12.6. The van der Waals surface area contributed by atoms with Gasteiger partial charge in [0, 0.05) is 11.1 Å². The highest BCUT2D eigenvalue weighted by atomic mass is 16.5. The number of carbonyl (C=O) groups is 2. The summed E-state index contributed by atoms with van der Waals surface area (Å²) in [7, 11) is 0. The van der Waals surface area contributed by atoms with E-state index in [0.717, 1.165) is 5.56 Å². The van der Waals surface area contributed by atoms with Crippen molar-refractivity contribution < 1.29 is 18.8 Å². The predicted octanol–water partition coefficient (Wildman–Crippen LogP) is 3.51. The van der Waals surface area contributed by atoms with Gasteiger partial charge < -0.3 is 9.26 Å². The normalized spacial score (nSPS) is 10.6. The number of aryl methyl sites for hydroxylation is 1. The van der Waals surface area contributed by atoms with Crippen molar-refractivity contribution in [2.45, 2.75) is 26.9 Å². The van der Waals surface area contributed by atoms with Crippen molar-refractivity contribution >= 4 is 11.8 Å². The average Bonchev–Trinajstić information content (AvgIpc) is 3.08. The van der Waals surface area contributed by atoms with E-state index in [1.165, 1.54) is 0 Å². The molecule has 0 aliphatic carbocycles. The zero-order valence-electron chi connectivity index (χ0n) is 15.9. The molecule has 1 aromatic heterocycles. The van der Waals surface area contributed by atoms with Crippen LogP contribution in [0.25, 0.3) is 11.3 Å². The molecule has 2 amide bonds. The Bertz CT molecular complexity index is 963. The average molecular weight is 379 g/mol. The van der Waals surface area contributed by atoms with E-state index in [4.69, 9.17) is 9.26 Å². The molecule has 2 N–H and O–H groups in total. The summed E-state index contributed by atoms with van der Waals surface area (Å²) >= 11 is 0. The Morgan fingerprint density at radius 3 is 2.25 bits per heavy atom. The molecule has 7 nitrogen and oxygen atoms in total. The Labute approximate surface area is 162 Å². The van der Waals surface area contributed by atoms with Crippen LogP contribution in [0.2, 0.25) is 0 Å². The van der Waals surface area contributed by atoms with Crippen LogP contribution in [0, 0.1) is 6.92 Å². The molecular formula is C21H21N3O4. The number of nitrogens with one attached hydrogen (secondary N) is 2. The van der Waals surface area contributed by atoms with E-state index in [2.05, 4.69) is 16.0 Å². The van der Waals surface area contributed by atoms with Crippen LogP contribution in [0.1, 0.15) is 40.3 Å². The number of carbonyl (C=O) groups excluding carboxylic acids is 2. The number of ether oxygens (including phenoxy) is 1. The lowest BCUT2D eigenvalue weighted by Crippen LogP contribution is -2.41. The van der Waals surface area contributed by atoms with Gasteiger partial charge in [-0.1, -0.05) is 35.5 Å². The third kappa shape index (κ3) is 4.37. The van der Waals surface area contributed by atoms with E-state index in [1.807, 2.05) is 44.2 Å². The minimum atomic E-state index is -0.509. The minimum Gasteiger partial charge on any atom is -0.491 e. The molecule has 0 unspecified atom stereocenters. The summed E-state index contributed by atoms with van der Waals surface area (Å²) in [4.78, 5) is 24.9. The number of hydrogen-bond acceptors (Lipinski definition) is 5. The smallest absolute Gasteiger partial charge is 0.275 e. The Balaban J connectivity index is 1.68. The Kier molecular flexibility index (Phi) is 5.74. The van der Waals surface area contributed by atoms with Gasteiger partial charge in [0.15, 0.2) is 0 Å². The van der Waals surface area contributed by atoms with E-state index in [9.17, 15) is 9.59 Å². The Morgan fingerprint density at radius 1 is 0.964 bits per heavy atom. The molecule has 0 aliphatic rings. The number of hydrogen-bond donors (Lipinski definition) is 2. The van der Waals surface area contributed by atoms with Gasteiger partial charge in [0.2, 0.25) is 0 Å². The Hall–Kier alpha value is -3.61. The first-order valence-electron chi connectivity index (χ1n) is 8.85. The van der Waals surface area contributed by atoms with Crippen molar-refractivity contribution in [2.24, 2.45) is 0 Å². The first-order valence-corrected chi connectivity index (χ1v) is 8.85. The van der Waals surface area contributed by atoms with Gasteiger partial charge in [-0.25, -0.2) is 0 Å². The van der Waals surface area contributed by atoms with Gasteiger partial charge in [0.25, 0.3) is 11.8 Å². The first-order chi connectivity index (χ1) is 13.5. The third-order valence-electron chi connectivity index (χ3n) is 3.91. The van der Waals surface area contributed by atoms with E-state index >= 15 is 0 Å². The minimum absolute atomic E-state index is 0.0459. The SMILES string of the molecule is Cc1onc(-c2ccccc2)c1C(=O)NNC(=O)c1ccc(OC(C)C)cc1. The van der Waals surface area contributed by atoms with Gasteiger partial charge in [-0.3, -0.25) is 20.4 Å². The van der Waals surface area contributed by atoms with E-state index < -0.39 is 11.8 Å². The second-order valence-corrected chi connectivity index (χ2v) is 6.43. The van der Waals surface area contributed by atoms with Crippen molar-refractivity contribution in [1.82, 2.24) is 16.0 Å². The van der Waals surface area contributed by atoms with Crippen LogP contribution in [0.4, 0.5) is 0 Å². The first kappa shape index (κ1) is 19.2. The Morgan fingerprint density at radius 2 is 1.61 bits per heavy atom. The number of benzene rings is 2. The van der Waals surface area contributed by atoms with Crippen LogP contribution >= 0.6 is 0 Å². The quantitative estimate of drug-likeness (QED) is 0.662. The van der Waals surface area contributed by atoms with Gasteiger partial charge in [-0.15, -0.1) is 0 Å². The fraction of sp³-hybridized carbons (Fsp3) is 0.190. The van der Waals surface area contributed by atoms with Crippen LogP contribution < -0.4 is 15.6 Å². The van der Waals surface area contributed by atoms with Crippen LogP contribution in [-0.2, 0) is 0 Å². The lowest BCUT2D eigenvalue weighted by Gasteiger charge is -2.11. The molecule has 0 atom stereocenters. The topological polar surface area (TPSA) is 93.5 Å². The summed E-state index contributed by atoms with van der Waals surface area (Å²) in [6, 6.07) is 15.9. The summed E-state index contributed by atoms with van der Waals surface area (Å²) in [6.07, 6.45) is 0.0459. The zero-order valence-corrected chi connectivity index (χ0v) is 15.9. The molecule has 2 aromatic carbocycles. The summed E-state index contributed by atoms with van der Waals surface area (Å²) < 4.78 is 10.7. The molecule has 0 spiro atoms. The maximum atomic E-state index is 12.6. The molecule has 0 aliphatic heterocycles. The van der Waals surface area contributed by atoms with Crippen molar-refractivity contribution in [3.63, 3.8) is 0 Å². The van der Waals surface area contributed by atoms with Crippen molar-refractivity contribution in [3.8, 4) is 17.0 Å². The number of rotatable bonds is 5. The highest BCUT2D eigenvalue weighted by Gasteiger charge is 2.22. The van der Waals surface area contributed by atoms with Crippen LogP contribution in [-0.4, -0.2) is 23.1 Å². The molecule has 0 fully saturated rings. The van der Waals surface area contributed by atoms with Gasteiger partial charge in [0.05, 0.1) is 6.10 Å².